The van der Waals surface area contributed by atoms with Crippen LogP contribution in [-0.4, -0.2) is 35.4 Å². The van der Waals surface area contributed by atoms with Crippen LogP contribution in [0, 0.1) is 0 Å². The Balaban J connectivity index is 1.47. The second kappa shape index (κ2) is 14.7. The Morgan fingerprint density at radius 1 is 0.863 bits per heavy atom. The highest BCUT2D eigenvalue weighted by atomic mass is 35.5. The van der Waals surface area contributed by atoms with E-state index in [2.05, 4.69) is 39.9 Å². The normalized spacial score (nSPS) is 14.0. The molecule has 2 aromatic heterocycles. The molecule has 10 heteroatoms. The van der Waals surface area contributed by atoms with Crippen molar-refractivity contribution in [2.75, 3.05) is 20.3 Å². The average Bonchev–Trinajstić information content (AvgIpc) is 3.70. The quantitative estimate of drug-likeness (QED) is 0.137. The first kappa shape index (κ1) is 33.8. The molecule has 4 aromatic carbocycles. The van der Waals surface area contributed by atoms with Crippen LogP contribution in [0.3, 0.4) is 0 Å². The summed E-state index contributed by atoms with van der Waals surface area (Å²) >= 11 is 7.59. The van der Waals surface area contributed by atoms with Gasteiger partial charge in [-0.15, -0.1) is 0 Å². The lowest BCUT2D eigenvalue weighted by molar-refractivity contribution is -0.136. The smallest absolute Gasteiger partial charge is 0.337 e. The van der Waals surface area contributed by atoms with Crippen LogP contribution in [0.15, 0.2) is 131 Å². The van der Waals surface area contributed by atoms with Crippen LogP contribution in [0.25, 0.3) is 34.3 Å². The Morgan fingerprint density at radius 2 is 1.53 bits per heavy atom. The lowest BCUT2D eigenvalue weighted by Crippen LogP contribution is -2.39. The minimum atomic E-state index is -0.808. The second-order valence-electron chi connectivity index (χ2n) is 11.6. The number of aromatic nitrogens is 2. The van der Waals surface area contributed by atoms with Gasteiger partial charge >= 0.3 is 5.97 Å². The molecule has 0 fully saturated rings. The fourth-order valence-corrected chi connectivity index (χ4v) is 7.43. The second-order valence-corrected chi connectivity index (χ2v) is 13.1. The highest BCUT2D eigenvalue weighted by Crippen LogP contribution is 2.38. The van der Waals surface area contributed by atoms with E-state index in [1.807, 2.05) is 92.7 Å². The van der Waals surface area contributed by atoms with E-state index in [1.165, 1.54) is 24.6 Å². The molecule has 0 aliphatic carbocycles. The third-order valence-electron chi connectivity index (χ3n) is 8.53. The number of hydrogen-bond donors (Lipinski definition) is 0. The Bertz CT molecular complexity index is 2430. The van der Waals surface area contributed by atoms with Gasteiger partial charge < -0.3 is 18.8 Å². The Hall–Kier alpha value is -5.64. The van der Waals surface area contributed by atoms with Crippen LogP contribution in [0.2, 0.25) is 5.02 Å². The number of carbonyl (C=O) groups is 1. The number of thiazole rings is 1. The maximum Gasteiger partial charge on any atom is 0.337 e. The van der Waals surface area contributed by atoms with Crippen LogP contribution in [-0.2, 0) is 9.53 Å². The van der Waals surface area contributed by atoms with Gasteiger partial charge in [-0.05, 0) is 79.1 Å². The summed E-state index contributed by atoms with van der Waals surface area (Å²) < 4.78 is 21.1. The summed E-state index contributed by atoms with van der Waals surface area (Å²) in [6.45, 7) is 4.66. The molecule has 7 rings (SSSR count). The molecule has 0 bridgehead atoms. The van der Waals surface area contributed by atoms with Gasteiger partial charge in [0.15, 0.2) is 16.3 Å². The summed E-state index contributed by atoms with van der Waals surface area (Å²) in [5, 5.41) is 0.636. The lowest BCUT2D eigenvalue weighted by atomic mass is 9.97. The molecule has 0 saturated heterocycles. The monoisotopic (exact) mass is 715 g/mol. The van der Waals surface area contributed by atoms with E-state index in [1.54, 1.807) is 10.6 Å². The van der Waals surface area contributed by atoms with Gasteiger partial charge in [-0.2, -0.15) is 0 Å². The number of halogens is 1. The minimum Gasteiger partial charge on any atom is -0.490 e. The summed E-state index contributed by atoms with van der Waals surface area (Å²) in [6, 6.07) is 34.7. The molecule has 256 valence electrons. The highest BCUT2D eigenvalue weighted by molar-refractivity contribution is 7.07. The molecule has 51 heavy (non-hydrogen) atoms. The first-order valence-electron chi connectivity index (χ1n) is 16.5. The van der Waals surface area contributed by atoms with Crippen molar-refractivity contribution in [3.05, 3.63) is 157 Å². The van der Waals surface area contributed by atoms with E-state index in [0.717, 1.165) is 33.8 Å². The van der Waals surface area contributed by atoms with Gasteiger partial charge in [0.1, 0.15) is 0 Å². The van der Waals surface area contributed by atoms with Crippen LogP contribution in [0.4, 0.5) is 0 Å². The number of hydrogen-bond acceptors (Lipinski definition) is 7. The molecule has 6 aromatic rings. The van der Waals surface area contributed by atoms with Crippen LogP contribution in [0.5, 0.6) is 11.5 Å². The van der Waals surface area contributed by atoms with Crippen LogP contribution >= 0.6 is 22.9 Å². The van der Waals surface area contributed by atoms with Gasteiger partial charge in [-0.1, -0.05) is 89.7 Å². The molecule has 0 unspecified atom stereocenters. The van der Waals surface area contributed by atoms with E-state index in [0.29, 0.717) is 44.6 Å². The lowest BCUT2D eigenvalue weighted by Gasteiger charge is -2.23. The van der Waals surface area contributed by atoms with Gasteiger partial charge in [0, 0.05) is 22.5 Å². The Labute approximate surface area is 303 Å². The molecule has 0 N–H and O–H groups in total. The number of ether oxygens (including phenoxy) is 3. The topological polar surface area (TPSA) is 84.0 Å². The van der Waals surface area contributed by atoms with Crippen molar-refractivity contribution < 1.29 is 19.0 Å². The van der Waals surface area contributed by atoms with Crippen LogP contribution < -0.4 is 24.4 Å². The van der Waals surface area contributed by atoms with Gasteiger partial charge in [0.25, 0.3) is 5.56 Å². The van der Waals surface area contributed by atoms with Crippen molar-refractivity contribution >= 4 is 35.0 Å². The zero-order valence-corrected chi connectivity index (χ0v) is 29.8. The third kappa shape index (κ3) is 6.54. The number of carbonyl (C=O) groups excluding carboxylic acids is 1. The molecule has 0 amide bonds. The Morgan fingerprint density at radius 3 is 2.20 bits per heavy atom. The fourth-order valence-electron chi connectivity index (χ4n) is 6.34. The van der Waals surface area contributed by atoms with Crippen LogP contribution in [0.1, 0.15) is 31.0 Å². The predicted molar refractivity (Wildman–Crippen MR) is 202 cm³/mol. The summed E-state index contributed by atoms with van der Waals surface area (Å²) in [5.41, 5.74) is 6.18. The van der Waals surface area contributed by atoms with Crippen molar-refractivity contribution in [1.82, 2.24) is 9.13 Å². The number of benzene rings is 4. The molecular weight excluding hydrogens is 682 g/mol. The summed E-state index contributed by atoms with van der Waals surface area (Å²) in [7, 11) is 1.32. The van der Waals surface area contributed by atoms with Crippen molar-refractivity contribution in [1.29, 1.82) is 0 Å². The first-order chi connectivity index (χ1) is 24.9. The zero-order valence-electron chi connectivity index (χ0n) is 28.2. The SMILES string of the molecule is CCOc1ccc([C@@H]2C(C(=O)OC)=CN=c3s/c(=C/c4cc(-c5ccccc5)n(-c5ccc(Cl)cc5)c4-c4ccccc4)c(=O)n32)cc1OCC. The number of esters is 1. The largest absolute Gasteiger partial charge is 0.490 e. The number of nitrogens with zero attached hydrogens (tertiary/aromatic N) is 3. The van der Waals surface area contributed by atoms with Gasteiger partial charge in [0.05, 0.1) is 47.9 Å². The van der Waals surface area contributed by atoms with Crippen molar-refractivity contribution in [3.63, 3.8) is 0 Å². The van der Waals surface area contributed by atoms with Gasteiger partial charge in [-0.25, -0.2) is 9.79 Å². The zero-order chi connectivity index (χ0) is 35.5. The van der Waals surface area contributed by atoms with E-state index in [4.69, 9.17) is 25.8 Å². The number of fused-ring (bicyclic) bond motifs is 1. The highest BCUT2D eigenvalue weighted by Gasteiger charge is 2.32. The third-order valence-corrected chi connectivity index (χ3v) is 9.78. The molecule has 1 aliphatic rings. The molecule has 0 spiro atoms. The van der Waals surface area contributed by atoms with E-state index in [9.17, 15) is 9.59 Å². The predicted octanol–water partition coefficient (Wildman–Crippen LogP) is 7.59. The van der Waals surface area contributed by atoms with Crippen molar-refractivity contribution in [2.45, 2.75) is 19.9 Å². The van der Waals surface area contributed by atoms with Gasteiger partial charge in [-0.3, -0.25) is 9.36 Å². The van der Waals surface area contributed by atoms with E-state index >= 15 is 0 Å². The molecule has 0 radical (unpaired) electrons. The number of rotatable bonds is 10. The molecule has 3 heterocycles. The van der Waals surface area contributed by atoms with E-state index in [-0.39, 0.29) is 11.1 Å². The summed E-state index contributed by atoms with van der Waals surface area (Å²) in [6.07, 6.45) is 3.40. The molecular formula is C41H34ClN3O5S. The molecule has 1 aliphatic heterocycles. The average molecular weight is 716 g/mol. The summed E-state index contributed by atoms with van der Waals surface area (Å²) in [4.78, 5) is 32.8. The molecule has 1 atom stereocenters. The fraction of sp³-hybridized carbons (Fsp3) is 0.146. The maximum atomic E-state index is 14.6. The van der Waals surface area contributed by atoms with E-state index < -0.39 is 12.0 Å². The Kier molecular flexibility index (Phi) is 9.74. The van der Waals surface area contributed by atoms with Gasteiger partial charge in [0.2, 0.25) is 0 Å². The first-order valence-corrected chi connectivity index (χ1v) is 17.7. The molecule has 0 saturated carbocycles. The molecule has 8 nitrogen and oxygen atoms in total. The minimum absolute atomic E-state index is 0.230. The maximum absolute atomic E-state index is 14.6. The van der Waals surface area contributed by atoms with Crippen molar-refractivity contribution in [2.24, 2.45) is 4.99 Å². The number of methoxy groups -OCH3 is 1. The van der Waals surface area contributed by atoms with Crippen molar-refractivity contribution in [3.8, 4) is 39.7 Å². The summed E-state index contributed by atoms with van der Waals surface area (Å²) in [5.74, 6) is 0.514. The standard InChI is InChI=1S/C41H34ClN3O5S/c1-4-49-34-21-16-28(23-35(34)50-5-2)38-32(40(47)48-3)25-43-41-45(38)39(46)36(51-41)24-29-22-33(26-12-8-6-9-13-26)44(31-19-17-30(42)18-20-31)37(29)27-14-10-7-11-15-27/h6-25,38H,4-5H2,1-3H3/b36-24+/t38-/m1/s1.